The van der Waals surface area contributed by atoms with Crippen molar-refractivity contribution in [2.24, 2.45) is 5.92 Å². The Balaban J connectivity index is 1.81. The minimum absolute atomic E-state index is 0.0497. The Labute approximate surface area is 205 Å². The van der Waals surface area contributed by atoms with Crippen LogP contribution in [0.15, 0.2) is 71.6 Å². The maximum absolute atomic E-state index is 13.6. The Hall–Kier alpha value is -3.87. The second kappa shape index (κ2) is 10.2. The average molecular weight is 474 g/mol. The topological polar surface area (TPSA) is 89.5 Å². The van der Waals surface area contributed by atoms with E-state index >= 15 is 0 Å². The Morgan fingerprint density at radius 1 is 1.23 bits per heavy atom. The van der Waals surface area contributed by atoms with Crippen LogP contribution in [-0.2, 0) is 9.59 Å². The molecule has 0 radical (unpaired) electrons. The summed E-state index contributed by atoms with van der Waals surface area (Å²) in [6.07, 6.45) is 2.86. The number of anilines is 1. The predicted octanol–water partition coefficient (Wildman–Crippen LogP) is 4.82. The Morgan fingerprint density at radius 3 is 2.74 bits per heavy atom. The van der Waals surface area contributed by atoms with Crippen LogP contribution in [0.25, 0.3) is 0 Å². The number of hydrogen-bond acceptors (Lipinski definition) is 6. The second-order valence-corrected chi connectivity index (χ2v) is 9.05. The van der Waals surface area contributed by atoms with Gasteiger partial charge in [-0.25, -0.2) is 4.98 Å². The lowest BCUT2D eigenvalue weighted by Crippen LogP contribution is -2.37. The molecule has 182 valence electrons. The summed E-state index contributed by atoms with van der Waals surface area (Å²) in [6.45, 7) is 9.83. The zero-order valence-electron chi connectivity index (χ0n) is 20.6. The van der Waals surface area contributed by atoms with Crippen molar-refractivity contribution in [3.63, 3.8) is 0 Å². The molecule has 35 heavy (non-hydrogen) atoms. The molecule has 1 aromatic carbocycles. The van der Waals surface area contributed by atoms with E-state index in [1.807, 2.05) is 44.2 Å². The number of dihydropyridines is 1. The van der Waals surface area contributed by atoms with Crippen molar-refractivity contribution in [3.8, 4) is 11.5 Å². The summed E-state index contributed by atoms with van der Waals surface area (Å²) in [7, 11) is 1.57. The first-order chi connectivity index (χ1) is 16.8. The van der Waals surface area contributed by atoms with Gasteiger partial charge < -0.3 is 20.1 Å². The van der Waals surface area contributed by atoms with Crippen molar-refractivity contribution >= 4 is 17.5 Å². The number of methoxy groups -OCH3 is 1. The van der Waals surface area contributed by atoms with E-state index < -0.39 is 5.92 Å². The lowest BCUT2D eigenvalue weighted by molar-refractivity contribution is -0.117. The molecular formula is C28H31N3O4. The average Bonchev–Trinajstić information content (AvgIpc) is 2.81. The second-order valence-electron chi connectivity index (χ2n) is 9.05. The molecule has 1 aromatic heterocycles. The van der Waals surface area contributed by atoms with E-state index in [1.165, 1.54) is 0 Å². The summed E-state index contributed by atoms with van der Waals surface area (Å²) < 4.78 is 11.3. The Morgan fingerprint density at radius 2 is 2.03 bits per heavy atom. The van der Waals surface area contributed by atoms with Crippen LogP contribution in [0.1, 0.15) is 43.9 Å². The van der Waals surface area contributed by atoms with Crippen LogP contribution < -0.4 is 20.1 Å². The number of ketones is 1. The number of benzene rings is 1. The van der Waals surface area contributed by atoms with Crippen molar-refractivity contribution in [1.82, 2.24) is 10.3 Å². The highest BCUT2D eigenvalue weighted by Gasteiger charge is 2.40. The smallest absolute Gasteiger partial charge is 0.255 e. The highest BCUT2D eigenvalue weighted by molar-refractivity contribution is 6.09. The Kier molecular flexibility index (Phi) is 7.05. The molecule has 7 nitrogen and oxygen atoms in total. The molecule has 0 saturated carbocycles. The fourth-order valence-corrected chi connectivity index (χ4v) is 4.80. The fraction of sp³-hybridized carbons (Fsp3) is 0.321. The molecule has 4 rings (SSSR count). The largest absolute Gasteiger partial charge is 0.493 e. The molecular weight excluding hydrogens is 442 g/mol. The normalized spacial score (nSPS) is 19.6. The summed E-state index contributed by atoms with van der Waals surface area (Å²) in [4.78, 5) is 31.4. The molecule has 0 saturated heterocycles. The molecule has 2 aromatic rings. The molecule has 1 aliphatic heterocycles. The van der Waals surface area contributed by atoms with Gasteiger partial charge in [-0.15, -0.1) is 0 Å². The van der Waals surface area contributed by atoms with Crippen LogP contribution in [0.3, 0.4) is 0 Å². The van der Waals surface area contributed by atoms with Gasteiger partial charge in [-0.1, -0.05) is 31.7 Å². The monoisotopic (exact) mass is 473 g/mol. The van der Waals surface area contributed by atoms with Gasteiger partial charge in [0, 0.05) is 40.6 Å². The minimum atomic E-state index is -0.543. The summed E-state index contributed by atoms with van der Waals surface area (Å²) in [5.74, 6) is 0.994. The van der Waals surface area contributed by atoms with Crippen molar-refractivity contribution in [1.29, 1.82) is 0 Å². The number of pyridine rings is 1. The third-order valence-electron chi connectivity index (χ3n) is 6.28. The van der Waals surface area contributed by atoms with Crippen molar-refractivity contribution in [2.75, 3.05) is 19.0 Å². The molecule has 2 heterocycles. The van der Waals surface area contributed by atoms with E-state index in [0.717, 1.165) is 23.4 Å². The summed E-state index contributed by atoms with van der Waals surface area (Å²) in [5.41, 5.74) is 4.30. The van der Waals surface area contributed by atoms with Crippen molar-refractivity contribution in [2.45, 2.75) is 39.5 Å². The lowest BCUT2D eigenvalue weighted by Gasteiger charge is -2.36. The number of aryl methyl sites for hydroxylation is 1. The molecule has 2 aliphatic rings. The third kappa shape index (κ3) is 4.99. The van der Waals surface area contributed by atoms with Crippen LogP contribution in [0.4, 0.5) is 5.82 Å². The number of Topliss-reactive ketones (excluding diaryl/α,β-unsaturated/α-hetero) is 1. The number of aromatic nitrogens is 1. The van der Waals surface area contributed by atoms with Gasteiger partial charge in [0.05, 0.1) is 7.11 Å². The quantitative estimate of drug-likeness (QED) is 0.561. The molecule has 0 unspecified atom stereocenters. The predicted molar refractivity (Wildman–Crippen MR) is 135 cm³/mol. The first-order valence-electron chi connectivity index (χ1n) is 11.7. The van der Waals surface area contributed by atoms with Crippen molar-refractivity contribution in [3.05, 3.63) is 82.9 Å². The van der Waals surface area contributed by atoms with Gasteiger partial charge in [-0.3, -0.25) is 9.59 Å². The highest BCUT2D eigenvalue weighted by Crippen LogP contribution is 2.45. The molecule has 1 aliphatic carbocycles. The highest BCUT2D eigenvalue weighted by atomic mass is 16.5. The third-order valence-corrected chi connectivity index (χ3v) is 6.28. The Bertz CT molecular complexity index is 1240. The zero-order chi connectivity index (χ0) is 25.1. The molecule has 0 spiro atoms. The van der Waals surface area contributed by atoms with Gasteiger partial charge >= 0.3 is 0 Å². The fourth-order valence-electron chi connectivity index (χ4n) is 4.80. The number of rotatable bonds is 7. The van der Waals surface area contributed by atoms with Gasteiger partial charge in [0.1, 0.15) is 12.4 Å². The zero-order valence-corrected chi connectivity index (χ0v) is 20.6. The number of hydrogen-bond donors (Lipinski definition) is 2. The maximum Gasteiger partial charge on any atom is 0.255 e. The standard InChI is InChI=1S/C28H31N3O4/c1-6-12-35-22-11-10-19(15-23(22)34-5)26-25(28(33)31-24-9-7-8-17(3)29-24)18(4)30-20-13-16(2)14-21(32)27(20)26/h6-11,15-16,26,30H,1,12-14H2,2-5H3,(H,29,31,33)/t16-,26-/m0/s1. The van der Waals surface area contributed by atoms with E-state index in [2.05, 4.69) is 29.1 Å². The van der Waals surface area contributed by atoms with E-state index in [-0.39, 0.29) is 17.6 Å². The van der Waals surface area contributed by atoms with Gasteiger partial charge in [-0.05, 0) is 56.0 Å². The summed E-state index contributed by atoms with van der Waals surface area (Å²) in [6, 6.07) is 11.0. The van der Waals surface area contributed by atoms with Gasteiger partial charge in [0.15, 0.2) is 17.3 Å². The number of ether oxygens (including phenoxy) is 2. The maximum atomic E-state index is 13.6. The number of nitrogens with zero attached hydrogens (tertiary/aromatic N) is 1. The number of amides is 1. The first kappa shape index (κ1) is 24.3. The lowest BCUT2D eigenvalue weighted by atomic mass is 9.73. The molecule has 7 heteroatoms. The molecule has 1 amide bonds. The van der Waals surface area contributed by atoms with Crippen LogP contribution in [0.5, 0.6) is 11.5 Å². The first-order valence-corrected chi connectivity index (χ1v) is 11.7. The SMILES string of the molecule is C=CCOc1ccc([C@H]2C(C(=O)Nc3cccc(C)n3)=C(C)NC3=C2C(=O)C[C@@H](C)C3)cc1OC. The van der Waals surface area contributed by atoms with Crippen LogP contribution >= 0.6 is 0 Å². The molecule has 0 bridgehead atoms. The van der Waals surface area contributed by atoms with E-state index in [1.54, 1.807) is 19.3 Å². The summed E-state index contributed by atoms with van der Waals surface area (Å²) >= 11 is 0. The molecule has 2 N–H and O–H groups in total. The van der Waals surface area contributed by atoms with Crippen LogP contribution in [0, 0.1) is 12.8 Å². The van der Waals surface area contributed by atoms with Gasteiger partial charge in [-0.2, -0.15) is 0 Å². The number of nitrogens with one attached hydrogen (secondary N) is 2. The van der Waals surface area contributed by atoms with Crippen molar-refractivity contribution < 1.29 is 19.1 Å². The van der Waals surface area contributed by atoms with Crippen LogP contribution in [0.2, 0.25) is 0 Å². The van der Waals surface area contributed by atoms with E-state index in [4.69, 9.17) is 9.47 Å². The number of carbonyl (C=O) groups is 2. The number of carbonyl (C=O) groups excluding carboxylic acids is 2. The molecule has 0 fully saturated rings. The van der Waals surface area contributed by atoms with Crippen LogP contribution in [-0.4, -0.2) is 30.4 Å². The van der Waals surface area contributed by atoms with Gasteiger partial charge in [0.2, 0.25) is 0 Å². The van der Waals surface area contributed by atoms with E-state index in [9.17, 15) is 9.59 Å². The number of allylic oxidation sites excluding steroid dienone is 3. The minimum Gasteiger partial charge on any atom is -0.493 e. The van der Waals surface area contributed by atoms with E-state index in [0.29, 0.717) is 47.2 Å². The molecule has 2 atom stereocenters. The van der Waals surface area contributed by atoms with Gasteiger partial charge in [0.25, 0.3) is 5.91 Å². The summed E-state index contributed by atoms with van der Waals surface area (Å²) in [5, 5.41) is 6.29.